The Morgan fingerprint density at radius 3 is 2.53 bits per heavy atom. The molecule has 6 nitrogen and oxygen atoms in total. The van der Waals surface area contributed by atoms with Crippen molar-refractivity contribution in [2.45, 2.75) is 17.9 Å². The van der Waals surface area contributed by atoms with Crippen LogP contribution in [0.5, 0.6) is 0 Å². The molecule has 0 bridgehead atoms. The predicted molar refractivity (Wildman–Crippen MR) is 62.0 cm³/mol. The summed E-state index contributed by atoms with van der Waals surface area (Å²) in [4.78, 5) is 10.8. The highest BCUT2D eigenvalue weighted by atomic mass is 32.2. The average molecular weight is 258 g/mol. The van der Waals surface area contributed by atoms with Crippen molar-refractivity contribution < 1.29 is 18.3 Å². The number of hydrogen-bond acceptors (Lipinski definition) is 4. The van der Waals surface area contributed by atoms with Gasteiger partial charge in [-0.2, -0.15) is 4.72 Å². The molecule has 0 aliphatic rings. The highest BCUT2D eigenvalue weighted by molar-refractivity contribution is 7.89. The second-order valence-corrected chi connectivity index (χ2v) is 5.20. The molecule has 0 aliphatic carbocycles. The lowest BCUT2D eigenvalue weighted by molar-refractivity contribution is -0.138. The molecule has 0 heterocycles. The topological polar surface area (TPSA) is 109 Å². The van der Waals surface area contributed by atoms with E-state index < -0.39 is 22.0 Å². The van der Waals surface area contributed by atoms with Gasteiger partial charge in [0.15, 0.2) is 0 Å². The molecule has 0 aliphatic heterocycles. The lowest BCUT2D eigenvalue weighted by atomic mass is 10.2. The molecule has 1 rings (SSSR count). The highest BCUT2D eigenvalue weighted by Gasteiger charge is 2.24. The Labute approximate surface area is 99.5 Å². The van der Waals surface area contributed by atoms with Crippen LogP contribution >= 0.6 is 0 Å². The molecule has 0 saturated heterocycles. The van der Waals surface area contributed by atoms with E-state index in [1.54, 1.807) is 25.1 Å². The van der Waals surface area contributed by atoms with E-state index in [9.17, 15) is 13.2 Å². The molecular formula is C10H14N2O4S. The van der Waals surface area contributed by atoms with Crippen molar-refractivity contribution in [3.8, 4) is 0 Å². The number of carbonyl (C=O) groups is 1. The standard InChI is InChI=1S/C10H14N2O4S/c1-7-4-2-3-5-9(7)17(15,16)12-8(6-11)10(13)14/h2-5,8,12H,6,11H2,1H3,(H,13,14). The molecule has 1 aromatic carbocycles. The van der Waals surface area contributed by atoms with Crippen molar-refractivity contribution in [2.24, 2.45) is 5.73 Å². The Hall–Kier alpha value is -1.44. The van der Waals surface area contributed by atoms with Crippen molar-refractivity contribution in [2.75, 3.05) is 6.54 Å². The summed E-state index contributed by atoms with van der Waals surface area (Å²) in [7, 11) is -3.86. The second kappa shape index (κ2) is 5.26. The molecule has 94 valence electrons. The van der Waals surface area contributed by atoms with E-state index >= 15 is 0 Å². The molecule has 0 fully saturated rings. The highest BCUT2D eigenvalue weighted by Crippen LogP contribution is 2.14. The number of benzene rings is 1. The maximum absolute atomic E-state index is 11.9. The summed E-state index contributed by atoms with van der Waals surface area (Å²) in [6.45, 7) is 1.33. The van der Waals surface area contributed by atoms with Gasteiger partial charge in [0.2, 0.25) is 10.0 Å². The summed E-state index contributed by atoms with van der Waals surface area (Å²) in [5, 5.41) is 8.75. The Morgan fingerprint density at radius 2 is 2.06 bits per heavy atom. The van der Waals surface area contributed by atoms with E-state index in [4.69, 9.17) is 10.8 Å². The third kappa shape index (κ3) is 3.26. The summed E-state index contributed by atoms with van der Waals surface area (Å²) in [5.74, 6) is -1.30. The fourth-order valence-electron chi connectivity index (χ4n) is 1.31. The molecular weight excluding hydrogens is 244 g/mol. The van der Waals surface area contributed by atoms with Crippen molar-refractivity contribution >= 4 is 16.0 Å². The number of nitrogens with two attached hydrogens (primary N) is 1. The normalized spacial score (nSPS) is 13.3. The van der Waals surface area contributed by atoms with Crippen LogP contribution in [0.25, 0.3) is 0 Å². The summed E-state index contributed by atoms with van der Waals surface area (Å²) in [6.07, 6.45) is 0. The first-order valence-electron chi connectivity index (χ1n) is 4.89. The lowest BCUT2D eigenvalue weighted by Crippen LogP contribution is -2.45. The molecule has 7 heteroatoms. The summed E-state index contributed by atoms with van der Waals surface area (Å²) in [6, 6.07) is 4.99. The zero-order chi connectivity index (χ0) is 13.1. The quantitative estimate of drug-likeness (QED) is 0.671. The number of aliphatic carboxylic acids is 1. The predicted octanol–water partition coefficient (Wildman–Crippen LogP) is -0.315. The summed E-state index contributed by atoms with van der Waals surface area (Å²) in [5.41, 5.74) is 5.73. The lowest BCUT2D eigenvalue weighted by Gasteiger charge is -2.13. The molecule has 1 aromatic rings. The van der Waals surface area contributed by atoms with Crippen molar-refractivity contribution in [3.63, 3.8) is 0 Å². The number of sulfonamides is 1. The fraction of sp³-hybridized carbons (Fsp3) is 0.300. The minimum atomic E-state index is -3.86. The Morgan fingerprint density at radius 1 is 1.47 bits per heavy atom. The third-order valence-electron chi connectivity index (χ3n) is 2.21. The van der Waals surface area contributed by atoms with Gasteiger partial charge in [0, 0.05) is 6.54 Å². The van der Waals surface area contributed by atoms with Crippen LogP contribution in [0.1, 0.15) is 5.56 Å². The molecule has 0 aromatic heterocycles. The molecule has 17 heavy (non-hydrogen) atoms. The molecule has 0 saturated carbocycles. The number of carboxylic acid groups (broad SMARTS) is 1. The van der Waals surface area contributed by atoms with Crippen LogP contribution in [-0.4, -0.2) is 32.1 Å². The fourth-order valence-corrected chi connectivity index (χ4v) is 2.76. The van der Waals surface area contributed by atoms with Gasteiger partial charge in [-0.25, -0.2) is 8.42 Å². The average Bonchev–Trinajstić information content (AvgIpc) is 2.26. The van der Waals surface area contributed by atoms with Crippen LogP contribution < -0.4 is 10.5 Å². The zero-order valence-electron chi connectivity index (χ0n) is 9.25. The minimum absolute atomic E-state index is 0.0553. The number of hydrogen-bond donors (Lipinski definition) is 3. The number of rotatable bonds is 5. The van der Waals surface area contributed by atoms with Gasteiger partial charge in [-0.05, 0) is 18.6 Å². The maximum Gasteiger partial charge on any atom is 0.323 e. The first-order valence-corrected chi connectivity index (χ1v) is 6.37. The van der Waals surface area contributed by atoms with Crippen molar-refractivity contribution in [3.05, 3.63) is 29.8 Å². The van der Waals surface area contributed by atoms with Gasteiger partial charge in [0.05, 0.1) is 4.90 Å². The SMILES string of the molecule is Cc1ccccc1S(=O)(=O)NC(CN)C(=O)O. The van der Waals surface area contributed by atoms with Gasteiger partial charge in [0.25, 0.3) is 0 Å². The third-order valence-corrected chi connectivity index (χ3v) is 3.85. The number of nitrogens with one attached hydrogen (secondary N) is 1. The molecule has 0 amide bonds. The monoisotopic (exact) mass is 258 g/mol. The number of carboxylic acids is 1. The van der Waals surface area contributed by atoms with E-state index in [0.29, 0.717) is 5.56 Å². The minimum Gasteiger partial charge on any atom is -0.480 e. The Kier molecular flexibility index (Phi) is 4.22. The second-order valence-electron chi connectivity index (χ2n) is 3.51. The summed E-state index contributed by atoms with van der Waals surface area (Å²) >= 11 is 0. The van der Waals surface area contributed by atoms with E-state index in [-0.39, 0.29) is 11.4 Å². The smallest absolute Gasteiger partial charge is 0.323 e. The van der Waals surface area contributed by atoms with E-state index in [2.05, 4.69) is 0 Å². The van der Waals surface area contributed by atoms with Crippen LogP contribution in [-0.2, 0) is 14.8 Å². The van der Waals surface area contributed by atoms with Gasteiger partial charge in [-0.15, -0.1) is 0 Å². The first kappa shape index (κ1) is 13.6. The molecule has 4 N–H and O–H groups in total. The van der Waals surface area contributed by atoms with Crippen LogP contribution in [0.2, 0.25) is 0 Å². The van der Waals surface area contributed by atoms with Gasteiger partial charge < -0.3 is 10.8 Å². The van der Waals surface area contributed by atoms with E-state index in [1.807, 2.05) is 4.72 Å². The van der Waals surface area contributed by atoms with Crippen LogP contribution in [0.4, 0.5) is 0 Å². The zero-order valence-corrected chi connectivity index (χ0v) is 10.1. The van der Waals surface area contributed by atoms with Crippen molar-refractivity contribution in [1.29, 1.82) is 0 Å². The van der Waals surface area contributed by atoms with Gasteiger partial charge >= 0.3 is 5.97 Å². The van der Waals surface area contributed by atoms with E-state index in [0.717, 1.165) is 0 Å². The molecule has 1 atom stereocenters. The van der Waals surface area contributed by atoms with Gasteiger partial charge in [-0.1, -0.05) is 18.2 Å². The molecule has 0 spiro atoms. The number of aryl methyl sites for hydroxylation is 1. The molecule has 1 unspecified atom stereocenters. The van der Waals surface area contributed by atoms with Crippen LogP contribution in [0.15, 0.2) is 29.2 Å². The largest absolute Gasteiger partial charge is 0.480 e. The van der Waals surface area contributed by atoms with Crippen LogP contribution in [0, 0.1) is 6.92 Å². The molecule has 0 radical (unpaired) electrons. The van der Waals surface area contributed by atoms with Gasteiger partial charge in [0.1, 0.15) is 6.04 Å². The van der Waals surface area contributed by atoms with E-state index in [1.165, 1.54) is 6.07 Å². The Balaban J connectivity index is 3.05. The first-order chi connectivity index (χ1) is 7.88. The van der Waals surface area contributed by atoms with Crippen LogP contribution in [0.3, 0.4) is 0 Å². The Bertz CT molecular complexity index is 513. The summed E-state index contributed by atoms with van der Waals surface area (Å²) < 4.78 is 25.8. The maximum atomic E-state index is 11.9. The van der Waals surface area contributed by atoms with Crippen molar-refractivity contribution in [1.82, 2.24) is 4.72 Å². The van der Waals surface area contributed by atoms with Gasteiger partial charge in [-0.3, -0.25) is 4.79 Å².